The van der Waals surface area contributed by atoms with E-state index in [9.17, 15) is 9.90 Å². The third-order valence-corrected chi connectivity index (χ3v) is 4.54. The van der Waals surface area contributed by atoms with E-state index in [4.69, 9.17) is 4.74 Å². The Hall–Kier alpha value is -2.34. The van der Waals surface area contributed by atoms with Crippen LogP contribution in [0.3, 0.4) is 0 Å². The van der Waals surface area contributed by atoms with E-state index in [1.165, 1.54) is 0 Å². The van der Waals surface area contributed by atoms with Crippen molar-refractivity contribution >= 4 is 23.0 Å². The minimum absolute atomic E-state index is 0.507. The molecule has 0 aromatic carbocycles. The number of carbonyl (C=O) groups is 1. The summed E-state index contributed by atoms with van der Waals surface area (Å²) in [4.78, 5) is 17.3. The quantitative estimate of drug-likeness (QED) is 0.780. The Morgan fingerprint density at radius 3 is 2.91 bits per heavy atom. The average Bonchev–Trinajstić information content (AvgIpc) is 3.14. The molecule has 1 atom stereocenters. The Morgan fingerprint density at radius 2 is 2.32 bits per heavy atom. The lowest BCUT2D eigenvalue weighted by atomic mass is 10.00. The smallest absolute Gasteiger partial charge is 0.312 e. The van der Waals surface area contributed by atoms with Crippen molar-refractivity contribution in [3.8, 4) is 16.3 Å². The SMILES string of the molecule is CCC(C(=O)O)c1c(-c2cccs2)nc2cc(OC)ccn12. The molecule has 5 nitrogen and oxygen atoms in total. The molecule has 0 saturated carbocycles. The van der Waals surface area contributed by atoms with E-state index in [0.717, 1.165) is 16.3 Å². The van der Waals surface area contributed by atoms with Crippen LogP contribution in [0.25, 0.3) is 16.2 Å². The molecule has 3 heterocycles. The van der Waals surface area contributed by atoms with Gasteiger partial charge in [0.05, 0.1) is 23.6 Å². The fourth-order valence-electron chi connectivity index (χ4n) is 2.58. The monoisotopic (exact) mass is 316 g/mol. The number of carboxylic acid groups (broad SMARTS) is 1. The normalized spacial score (nSPS) is 12.5. The van der Waals surface area contributed by atoms with Crippen LogP contribution in [-0.2, 0) is 4.79 Å². The zero-order chi connectivity index (χ0) is 15.7. The Balaban J connectivity index is 2.30. The third-order valence-electron chi connectivity index (χ3n) is 3.66. The maximum absolute atomic E-state index is 11.7. The predicted molar refractivity (Wildman–Crippen MR) is 85.7 cm³/mol. The maximum Gasteiger partial charge on any atom is 0.312 e. The number of thiophene rings is 1. The second-order valence-corrected chi connectivity index (χ2v) is 5.86. The summed E-state index contributed by atoms with van der Waals surface area (Å²) in [6.07, 6.45) is 2.33. The molecule has 6 heteroatoms. The number of fused-ring (bicyclic) bond motifs is 1. The number of aliphatic carboxylic acids is 1. The Morgan fingerprint density at radius 1 is 1.50 bits per heavy atom. The summed E-state index contributed by atoms with van der Waals surface area (Å²) >= 11 is 1.55. The van der Waals surface area contributed by atoms with Crippen LogP contribution >= 0.6 is 11.3 Å². The van der Waals surface area contributed by atoms with Gasteiger partial charge in [0.15, 0.2) is 0 Å². The first kappa shape index (κ1) is 14.6. The van der Waals surface area contributed by atoms with E-state index >= 15 is 0 Å². The van der Waals surface area contributed by atoms with Crippen molar-refractivity contribution in [3.05, 3.63) is 41.5 Å². The van der Waals surface area contributed by atoms with Crippen molar-refractivity contribution in [1.82, 2.24) is 9.38 Å². The molecular formula is C16H16N2O3S. The van der Waals surface area contributed by atoms with Gasteiger partial charge in [0, 0.05) is 12.3 Å². The number of imidazole rings is 1. The summed E-state index contributed by atoms with van der Waals surface area (Å²) in [5, 5.41) is 11.5. The van der Waals surface area contributed by atoms with Gasteiger partial charge in [-0.1, -0.05) is 13.0 Å². The molecule has 3 aromatic rings. The van der Waals surface area contributed by atoms with Crippen molar-refractivity contribution in [2.75, 3.05) is 7.11 Å². The molecule has 1 N–H and O–H groups in total. The molecule has 0 aliphatic rings. The fraction of sp³-hybridized carbons (Fsp3) is 0.250. The molecule has 0 saturated heterocycles. The highest BCUT2D eigenvalue weighted by Gasteiger charge is 2.27. The Labute approximate surface area is 131 Å². The maximum atomic E-state index is 11.7. The van der Waals surface area contributed by atoms with E-state index in [0.29, 0.717) is 17.8 Å². The minimum atomic E-state index is -0.835. The molecule has 3 rings (SSSR count). The molecule has 3 aromatic heterocycles. The van der Waals surface area contributed by atoms with Crippen LogP contribution in [-0.4, -0.2) is 27.6 Å². The second kappa shape index (κ2) is 5.81. The van der Waals surface area contributed by atoms with Gasteiger partial charge in [-0.15, -0.1) is 11.3 Å². The summed E-state index contributed by atoms with van der Waals surface area (Å²) in [5.74, 6) is -0.733. The zero-order valence-corrected chi connectivity index (χ0v) is 13.1. The van der Waals surface area contributed by atoms with Gasteiger partial charge in [-0.25, -0.2) is 4.98 Å². The van der Waals surface area contributed by atoms with Crippen LogP contribution in [0, 0.1) is 0 Å². The zero-order valence-electron chi connectivity index (χ0n) is 12.3. The van der Waals surface area contributed by atoms with Gasteiger partial charge < -0.3 is 14.2 Å². The van der Waals surface area contributed by atoms with E-state index in [1.54, 1.807) is 18.4 Å². The van der Waals surface area contributed by atoms with Gasteiger partial charge >= 0.3 is 5.97 Å². The summed E-state index contributed by atoms with van der Waals surface area (Å²) < 4.78 is 7.08. The summed E-state index contributed by atoms with van der Waals surface area (Å²) in [7, 11) is 1.60. The van der Waals surface area contributed by atoms with Gasteiger partial charge in [-0.05, 0) is 23.9 Å². The summed E-state index contributed by atoms with van der Waals surface area (Å²) in [6.45, 7) is 1.87. The van der Waals surface area contributed by atoms with Gasteiger partial charge in [-0.3, -0.25) is 4.79 Å². The number of pyridine rings is 1. The van der Waals surface area contributed by atoms with Gasteiger partial charge in [0.25, 0.3) is 0 Å². The van der Waals surface area contributed by atoms with Crippen LogP contribution in [0.1, 0.15) is 25.0 Å². The van der Waals surface area contributed by atoms with Crippen LogP contribution in [0.4, 0.5) is 0 Å². The average molecular weight is 316 g/mol. The first-order valence-corrected chi connectivity index (χ1v) is 7.86. The molecule has 114 valence electrons. The van der Waals surface area contributed by atoms with Crippen molar-refractivity contribution < 1.29 is 14.6 Å². The molecule has 1 unspecified atom stereocenters. The lowest BCUT2D eigenvalue weighted by Gasteiger charge is -2.12. The first-order chi connectivity index (χ1) is 10.7. The minimum Gasteiger partial charge on any atom is -0.497 e. The largest absolute Gasteiger partial charge is 0.497 e. The topological polar surface area (TPSA) is 63.8 Å². The number of carboxylic acids is 1. The molecule has 0 fully saturated rings. The highest BCUT2D eigenvalue weighted by atomic mass is 32.1. The van der Waals surface area contributed by atoms with Crippen LogP contribution in [0.2, 0.25) is 0 Å². The number of hydrogen-bond acceptors (Lipinski definition) is 4. The highest BCUT2D eigenvalue weighted by Crippen LogP contribution is 2.35. The van der Waals surface area contributed by atoms with Crippen molar-refractivity contribution in [2.24, 2.45) is 0 Å². The Kier molecular flexibility index (Phi) is 3.85. The van der Waals surface area contributed by atoms with E-state index in [-0.39, 0.29) is 0 Å². The molecule has 0 amide bonds. The molecule has 0 aliphatic carbocycles. The number of methoxy groups -OCH3 is 1. The number of nitrogens with zero attached hydrogens (tertiary/aromatic N) is 2. The molecule has 0 aliphatic heterocycles. The lowest BCUT2D eigenvalue weighted by molar-refractivity contribution is -0.138. The van der Waals surface area contributed by atoms with Gasteiger partial charge in [0.1, 0.15) is 17.1 Å². The Bertz CT molecular complexity index is 808. The number of aromatic nitrogens is 2. The van der Waals surface area contributed by atoms with Crippen LogP contribution in [0.5, 0.6) is 5.75 Å². The first-order valence-electron chi connectivity index (χ1n) is 6.98. The summed E-state index contributed by atoms with van der Waals surface area (Å²) in [6, 6.07) is 7.53. The van der Waals surface area contributed by atoms with Crippen molar-refractivity contribution in [2.45, 2.75) is 19.3 Å². The van der Waals surface area contributed by atoms with Gasteiger partial charge in [0.2, 0.25) is 0 Å². The standard InChI is InChI=1S/C16H16N2O3S/c1-3-11(16(19)20)15-14(12-5-4-8-22-12)17-13-9-10(21-2)6-7-18(13)15/h4-9,11H,3H2,1-2H3,(H,19,20). The number of ether oxygens (including phenoxy) is 1. The van der Waals surface area contributed by atoms with E-state index in [1.807, 2.05) is 47.2 Å². The summed E-state index contributed by atoms with van der Waals surface area (Å²) in [5.41, 5.74) is 2.14. The third kappa shape index (κ3) is 2.35. The van der Waals surface area contributed by atoms with Crippen molar-refractivity contribution in [3.63, 3.8) is 0 Å². The van der Waals surface area contributed by atoms with Crippen LogP contribution in [0.15, 0.2) is 35.8 Å². The fourth-order valence-corrected chi connectivity index (χ4v) is 3.31. The van der Waals surface area contributed by atoms with E-state index in [2.05, 4.69) is 4.98 Å². The van der Waals surface area contributed by atoms with E-state index < -0.39 is 11.9 Å². The number of hydrogen-bond donors (Lipinski definition) is 1. The number of rotatable bonds is 5. The highest BCUT2D eigenvalue weighted by molar-refractivity contribution is 7.13. The molecular weight excluding hydrogens is 300 g/mol. The molecule has 0 bridgehead atoms. The molecule has 22 heavy (non-hydrogen) atoms. The van der Waals surface area contributed by atoms with Crippen molar-refractivity contribution in [1.29, 1.82) is 0 Å². The second-order valence-electron chi connectivity index (χ2n) is 4.92. The molecule has 0 spiro atoms. The molecule has 0 radical (unpaired) electrons. The van der Waals surface area contributed by atoms with Gasteiger partial charge in [-0.2, -0.15) is 0 Å². The predicted octanol–water partition coefficient (Wildman–Crippen LogP) is 3.65. The lowest BCUT2D eigenvalue weighted by Crippen LogP contribution is -2.13. The van der Waals surface area contributed by atoms with Crippen LogP contribution < -0.4 is 4.74 Å².